The number of alkyl halides is 2. The molecule has 0 saturated carbocycles. The molecule has 0 saturated heterocycles. The number of halogens is 2. The summed E-state index contributed by atoms with van der Waals surface area (Å²) in [5.74, 6) is -1.26. The molecule has 0 atom stereocenters. The molecule has 1 aromatic heterocycles. The molecule has 1 aromatic rings. The number of carbonyl (C=O) groups is 1. The van der Waals surface area contributed by atoms with Crippen molar-refractivity contribution in [1.29, 1.82) is 0 Å². The van der Waals surface area contributed by atoms with E-state index in [9.17, 15) is 13.6 Å². The van der Waals surface area contributed by atoms with Crippen molar-refractivity contribution in [3.8, 4) is 0 Å². The Balaban J connectivity index is 2.39. The van der Waals surface area contributed by atoms with Gasteiger partial charge >= 0.3 is 6.43 Å². The van der Waals surface area contributed by atoms with Gasteiger partial charge in [0.2, 0.25) is 0 Å². The number of nitrogens with zero attached hydrogens (tertiary/aromatic N) is 1. The van der Waals surface area contributed by atoms with Gasteiger partial charge in [0.15, 0.2) is 0 Å². The van der Waals surface area contributed by atoms with Crippen LogP contribution >= 0.6 is 11.3 Å². The molecule has 1 rings (SSSR count). The van der Waals surface area contributed by atoms with E-state index in [1.807, 2.05) is 6.92 Å². The van der Waals surface area contributed by atoms with Crippen molar-refractivity contribution in [2.24, 2.45) is 0 Å². The summed E-state index contributed by atoms with van der Waals surface area (Å²) in [6.07, 6.45) is -1.32. The Hall–Kier alpha value is -1.04. The van der Waals surface area contributed by atoms with E-state index in [4.69, 9.17) is 0 Å². The van der Waals surface area contributed by atoms with Crippen LogP contribution < -0.4 is 5.32 Å². The molecule has 0 fully saturated rings. The van der Waals surface area contributed by atoms with Crippen LogP contribution in [0.2, 0.25) is 0 Å². The predicted octanol–water partition coefficient (Wildman–Crippen LogP) is 1.33. The molecule has 0 aliphatic carbocycles. The van der Waals surface area contributed by atoms with Crippen LogP contribution in [0.1, 0.15) is 9.88 Å². The van der Waals surface area contributed by atoms with Crippen LogP contribution in [0.25, 0.3) is 0 Å². The van der Waals surface area contributed by atoms with Gasteiger partial charge in [0, 0.05) is 11.1 Å². The molecule has 6 heteroatoms. The normalized spacial score (nSPS) is 10.5. The fourth-order valence-corrected chi connectivity index (χ4v) is 1.45. The Bertz CT molecular complexity index is 300. The predicted molar refractivity (Wildman–Crippen MR) is 44.7 cm³/mol. The summed E-state index contributed by atoms with van der Waals surface area (Å²) in [7, 11) is 0. The fourth-order valence-electron chi connectivity index (χ4n) is 0.723. The fraction of sp³-hybridized carbons (Fsp3) is 0.429. The van der Waals surface area contributed by atoms with Crippen LogP contribution in [0, 0.1) is 6.92 Å². The number of hydrogen-bond acceptors (Lipinski definition) is 3. The van der Waals surface area contributed by atoms with Crippen LogP contribution in [-0.2, 0) is 11.3 Å². The molecule has 13 heavy (non-hydrogen) atoms. The molecule has 0 spiro atoms. The maximum Gasteiger partial charge on any atom is 0.315 e. The van der Waals surface area contributed by atoms with E-state index < -0.39 is 12.3 Å². The molecule has 0 radical (unpaired) electrons. The summed E-state index contributed by atoms with van der Waals surface area (Å²) in [4.78, 5) is 15.3. The number of thiazole rings is 1. The van der Waals surface area contributed by atoms with E-state index in [0.29, 0.717) is 5.01 Å². The Kier molecular flexibility index (Phi) is 3.30. The maximum absolute atomic E-state index is 11.7. The first-order valence-corrected chi connectivity index (χ1v) is 4.38. The van der Waals surface area contributed by atoms with Crippen LogP contribution in [0.4, 0.5) is 8.78 Å². The monoisotopic (exact) mass is 206 g/mol. The second kappa shape index (κ2) is 4.27. The molecule has 0 aliphatic rings. The van der Waals surface area contributed by atoms with Crippen molar-refractivity contribution in [3.05, 3.63) is 16.1 Å². The van der Waals surface area contributed by atoms with Crippen LogP contribution in [-0.4, -0.2) is 17.3 Å². The second-order valence-electron chi connectivity index (χ2n) is 2.38. The molecule has 1 N–H and O–H groups in total. The lowest BCUT2D eigenvalue weighted by atomic mass is 10.6. The SMILES string of the molecule is Cc1cnc(CNC(=O)C(F)F)s1. The maximum atomic E-state index is 11.7. The van der Waals surface area contributed by atoms with E-state index in [1.54, 1.807) is 6.20 Å². The number of hydrogen-bond donors (Lipinski definition) is 1. The number of rotatable bonds is 3. The van der Waals surface area contributed by atoms with Gasteiger partial charge in [-0.05, 0) is 6.92 Å². The third-order valence-corrected chi connectivity index (χ3v) is 2.19. The molecule has 0 unspecified atom stereocenters. The van der Waals surface area contributed by atoms with Crippen molar-refractivity contribution < 1.29 is 13.6 Å². The van der Waals surface area contributed by atoms with Gasteiger partial charge in [-0.15, -0.1) is 11.3 Å². The number of aromatic nitrogens is 1. The molecular weight excluding hydrogens is 198 g/mol. The summed E-state index contributed by atoms with van der Waals surface area (Å²) in [6, 6.07) is 0. The van der Waals surface area contributed by atoms with E-state index in [0.717, 1.165) is 4.88 Å². The average molecular weight is 206 g/mol. The zero-order valence-corrected chi connectivity index (χ0v) is 7.70. The standard InChI is InChI=1S/C7H8F2N2OS/c1-4-2-10-5(13-4)3-11-7(12)6(8)9/h2,6H,3H2,1H3,(H,11,12). The zero-order valence-electron chi connectivity index (χ0n) is 6.88. The van der Waals surface area contributed by atoms with Crippen molar-refractivity contribution in [3.63, 3.8) is 0 Å². The highest BCUT2D eigenvalue weighted by Crippen LogP contribution is 2.10. The van der Waals surface area contributed by atoms with E-state index in [1.165, 1.54) is 11.3 Å². The Morgan fingerprint density at radius 1 is 1.77 bits per heavy atom. The number of aryl methyl sites for hydroxylation is 1. The van der Waals surface area contributed by atoms with Crippen LogP contribution in [0.5, 0.6) is 0 Å². The molecular formula is C7H8F2N2OS. The van der Waals surface area contributed by atoms with Gasteiger partial charge in [-0.1, -0.05) is 0 Å². The van der Waals surface area contributed by atoms with E-state index >= 15 is 0 Å². The lowest BCUT2D eigenvalue weighted by molar-refractivity contribution is -0.131. The highest BCUT2D eigenvalue weighted by molar-refractivity contribution is 7.11. The molecule has 0 bridgehead atoms. The summed E-state index contributed by atoms with van der Waals surface area (Å²) in [5, 5.41) is 2.70. The van der Waals surface area contributed by atoms with Gasteiger partial charge < -0.3 is 5.32 Å². The highest BCUT2D eigenvalue weighted by Gasteiger charge is 2.14. The number of carbonyl (C=O) groups excluding carboxylic acids is 1. The minimum atomic E-state index is -2.96. The highest BCUT2D eigenvalue weighted by atomic mass is 32.1. The lowest BCUT2D eigenvalue weighted by Crippen LogP contribution is -2.28. The Labute approximate surface area is 77.8 Å². The van der Waals surface area contributed by atoms with E-state index in [2.05, 4.69) is 10.3 Å². The first-order chi connectivity index (χ1) is 6.09. The van der Waals surface area contributed by atoms with Gasteiger partial charge in [-0.3, -0.25) is 4.79 Å². The Morgan fingerprint density at radius 2 is 2.46 bits per heavy atom. The van der Waals surface area contributed by atoms with Crippen molar-refractivity contribution in [1.82, 2.24) is 10.3 Å². The summed E-state index contributed by atoms with van der Waals surface area (Å²) >= 11 is 1.37. The van der Waals surface area contributed by atoms with Crippen LogP contribution in [0.15, 0.2) is 6.20 Å². The third-order valence-electron chi connectivity index (χ3n) is 1.28. The third kappa shape index (κ3) is 3.06. The summed E-state index contributed by atoms with van der Waals surface area (Å²) in [5.41, 5.74) is 0. The quantitative estimate of drug-likeness (QED) is 0.810. The van der Waals surface area contributed by atoms with Gasteiger partial charge in [0.25, 0.3) is 5.91 Å². The smallest absolute Gasteiger partial charge is 0.315 e. The second-order valence-corrected chi connectivity index (χ2v) is 3.70. The molecule has 0 aromatic carbocycles. The van der Waals surface area contributed by atoms with Crippen molar-refractivity contribution in [2.45, 2.75) is 19.9 Å². The number of amides is 1. The van der Waals surface area contributed by atoms with E-state index in [-0.39, 0.29) is 6.54 Å². The molecule has 1 heterocycles. The van der Waals surface area contributed by atoms with Gasteiger partial charge in [-0.2, -0.15) is 8.78 Å². The molecule has 0 aliphatic heterocycles. The number of nitrogens with one attached hydrogen (secondary N) is 1. The first kappa shape index (κ1) is 10.0. The largest absolute Gasteiger partial charge is 0.345 e. The topological polar surface area (TPSA) is 42.0 Å². The van der Waals surface area contributed by atoms with Gasteiger partial charge in [0.05, 0.1) is 6.54 Å². The van der Waals surface area contributed by atoms with Gasteiger partial charge in [-0.25, -0.2) is 4.98 Å². The molecule has 72 valence electrons. The van der Waals surface area contributed by atoms with Gasteiger partial charge in [0.1, 0.15) is 5.01 Å². The molecule has 1 amide bonds. The van der Waals surface area contributed by atoms with Crippen molar-refractivity contribution >= 4 is 17.2 Å². The lowest BCUT2D eigenvalue weighted by Gasteiger charge is -2.00. The van der Waals surface area contributed by atoms with Crippen molar-refractivity contribution in [2.75, 3.05) is 0 Å². The molecule has 3 nitrogen and oxygen atoms in total. The summed E-state index contributed by atoms with van der Waals surface area (Å²) < 4.78 is 23.4. The minimum Gasteiger partial charge on any atom is -0.345 e. The average Bonchev–Trinajstić information content (AvgIpc) is 2.47. The zero-order chi connectivity index (χ0) is 9.84. The van der Waals surface area contributed by atoms with Crippen LogP contribution in [0.3, 0.4) is 0 Å². The summed E-state index contributed by atoms with van der Waals surface area (Å²) in [6.45, 7) is 1.93. The first-order valence-electron chi connectivity index (χ1n) is 3.57. The minimum absolute atomic E-state index is 0.0711. The Morgan fingerprint density at radius 3 is 2.92 bits per heavy atom.